The van der Waals surface area contributed by atoms with E-state index in [1.54, 1.807) is 0 Å². The normalized spacial score (nSPS) is 11.8. The summed E-state index contributed by atoms with van der Waals surface area (Å²) in [4.78, 5) is 4.75. The molecule has 0 unspecified atom stereocenters. The van der Waals surface area contributed by atoms with Crippen molar-refractivity contribution >= 4 is 77.6 Å². The molecule has 0 aliphatic carbocycles. The van der Waals surface area contributed by atoms with Gasteiger partial charge in [-0.05, 0) is 140 Å². The summed E-state index contributed by atoms with van der Waals surface area (Å²) in [6.45, 7) is 11.3. The Morgan fingerprint density at radius 1 is 0.379 bits per heavy atom. The minimum absolute atomic E-state index is 0.0840. The maximum Gasteiger partial charge on any atom is 0.136 e. The van der Waals surface area contributed by atoms with E-state index in [-0.39, 0.29) is 5.41 Å². The van der Waals surface area contributed by atoms with Crippen molar-refractivity contribution in [2.45, 2.75) is 46.0 Å². The van der Waals surface area contributed by atoms with E-state index in [2.05, 4.69) is 263 Å². The van der Waals surface area contributed by atoms with E-state index in [1.165, 1.54) is 44.2 Å². The molecule has 0 fully saturated rings. The van der Waals surface area contributed by atoms with Crippen LogP contribution in [0.15, 0.2) is 223 Å². The minimum Gasteiger partial charge on any atom is -0.456 e. The number of furan rings is 1. The number of anilines is 6. The van der Waals surface area contributed by atoms with Crippen LogP contribution in [0.1, 0.15) is 51.7 Å². The number of benzene rings is 10. The highest BCUT2D eigenvalue weighted by molar-refractivity contribution is 6.14. The van der Waals surface area contributed by atoms with Gasteiger partial charge in [-0.25, -0.2) is 0 Å². The van der Waals surface area contributed by atoms with Crippen LogP contribution in [-0.4, -0.2) is 0 Å². The van der Waals surface area contributed by atoms with Gasteiger partial charge in [0, 0.05) is 44.6 Å². The fourth-order valence-electron chi connectivity index (χ4n) is 9.55. The quantitative estimate of drug-likeness (QED) is 0.144. The first-order valence-corrected chi connectivity index (χ1v) is 23.1. The molecule has 320 valence electrons. The van der Waals surface area contributed by atoms with Gasteiger partial charge in [-0.1, -0.05) is 168 Å². The smallest absolute Gasteiger partial charge is 0.136 e. The van der Waals surface area contributed by atoms with Gasteiger partial charge < -0.3 is 14.2 Å². The van der Waals surface area contributed by atoms with E-state index in [0.717, 1.165) is 66.8 Å². The number of rotatable bonds is 9. The molecule has 3 nitrogen and oxygen atoms in total. The Balaban J connectivity index is 0.997. The maximum absolute atomic E-state index is 6.79. The molecule has 11 rings (SSSR count). The van der Waals surface area contributed by atoms with E-state index in [0.29, 0.717) is 5.92 Å². The van der Waals surface area contributed by atoms with Gasteiger partial charge >= 0.3 is 0 Å². The maximum atomic E-state index is 6.79. The van der Waals surface area contributed by atoms with Gasteiger partial charge in [-0.15, -0.1) is 0 Å². The first kappa shape index (κ1) is 40.9. The van der Waals surface area contributed by atoms with E-state index in [9.17, 15) is 0 Å². The summed E-state index contributed by atoms with van der Waals surface area (Å²) in [6, 6.07) is 79.5. The van der Waals surface area contributed by atoms with Crippen molar-refractivity contribution in [3.63, 3.8) is 0 Å². The van der Waals surface area contributed by atoms with Crippen LogP contribution in [0.3, 0.4) is 0 Å². The fraction of sp³-hybridized carbons (Fsp3) is 0.111. The first-order valence-electron chi connectivity index (χ1n) is 23.1. The van der Waals surface area contributed by atoms with Gasteiger partial charge in [-0.2, -0.15) is 0 Å². The van der Waals surface area contributed by atoms with Crippen LogP contribution in [0, 0.1) is 0 Å². The molecule has 0 bridgehead atoms. The Morgan fingerprint density at radius 3 is 1.24 bits per heavy atom. The van der Waals surface area contributed by atoms with Crippen molar-refractivity contribution in [1.82, 2.24) is 0 Å². The van der Waals surface area contributed by atoms with E-state index < -0.39 is 0 Å². The number of hydrogen-bond acceptors (Lipinski definition) is 3. The van der Waals surface area contributed by atoms with Crippen molar-refractivity contribution in [3.8, 4) is 22.3 Å². The van der Waals surface area contributed by atoms with Crippen LogP contribution in [0.25, 0.3) is 65.7 Å². The van der Waals surface area contributed by atoms with Crippen LogP contribution < -0.4 is 9.80 Å². The number of hydrogen-bond donors (Lipinski definition) is 0. The summed E-state index contributed by atoms with van der Waals surface area (Å²) in [5.41, 5.74) is 15.8. The van der Waals surface area contributed by atoms with Crippen molar-refractivity contribution in [2.24, 2.45) is 0 Å². The number of fused-ring (bicyclic) bond motifs is 5. The molecular weight excluding hydrogens is 801 g/mol. The van der Waals surface area contributed by atoms with Gasteiger partial charge in [-0.3, -0.25) is 0 Å². The average molecular weight is 853 g/mol. The lowest BCUT2D eigenvalue weighted by molar-refractivity contribution is 0.590. The van der Waals surface area contributed by atoms with E-state index >= 15 is 0 Å². The Hall–Kier alpha value is -7.88. The molecule has 1 aromatic heterocycles. The third-order valence-electron chi connectivity index (χ3n) is 13.1. The Kier molecular flexibility index (Phi) is 10.3. The second-order valence-corrected chi connectivity index (χ2v) is 18.8. The molecule has 0 atom stereocenters. The van der Waals surface area contributed by atoms with Gasteiger partial charge in [0.25, 0.3) is 0 Å². The Morgan fingerprint density at radius 2 is 0.803 bits per heavy atom. The van der Waals surface area contributed by atoms with E-state index in [1.807, 2.05) is 0 Å². The van der Waals surface area contributed by atoms with Gasteiger partial charge in [0.2, 0.25) is 0 Å². The van der Waals surface area contributed by atoms with Crippen molar-refractivity contribution in [1.29, 1.82) is 0 Å². The Bertz CT molecular complexity index is 3530. The molecule has 0 radical (unpaired) electrons. The molecule has 0 aliphatic rings. The molecule has 1 heterocycles. The van der Waals surface area contributed by atoms with Gasteiger partial charge in [0.1, 0.15) is 11.2 Å². The zero-order valence-corrected chi connectivity index (χ0v) is 38.2. The largest absolute Gasteiger partial charge is 0.456 e. The topological polar surface area (TPSA) is 19.6 Å². The standard InChI is InChI=1S/C63H52N2O/c1-42(2)43-24-26-44(27-25-43)55-20-12-14-22-59(55)64(51-16-8-6-9-17-51)53-34-30-46-38-57-58-39-47-31-35-54(37-49(47)41-62(58)66-61(57)40-48(46)36-53)65(52-18-10-7-11-19-52)60-23-15-13-21-56(60)45-28-32-50(33-29-45)63(3,4)5/h6-42H,1-5H3. The molecule has 66 heavy (non-hydrogen) atoms. The zero-order chi connectivity index (χ0) is 44.9. The predicted octanol–water partition coefficient (Wildman–Crippen LogP) is 18.6. The van der Waals surface area contributed by atoms with Crippen LogP contribution >= 0.6 is 0 Å². The van der Waals surface area contributed by atoms with E-state index in [4.69, 9.17) is 4.42 Å². The molecule has 3 heteroatoms. The second kappa shape index (κ2) is 16.6. The number of nitrogens with zero attached hydrogens (tertiary/aromatic N) is 2. The highest BCUT2D eigenvalue weighted by Gasteiger charge is 2.21. The van der Waals surface area contributed by atoms with Crippen molar-refractivity contribution < 1.29 is 4.42 Å². The van der Waals surface area contributed by atoms with Crippen LogP contribution in [0.5, 0.6) is 0 Å². The molecule has 0 amide bonds. The van der Waals surface area contributed by atoms with Crippen molar-refractivity contribution in [2.75, 3.05) is 9.80 Å². The SMILES string of the molecule is CC(C)c1ccc(-c2ccccc2N(c2ccccc2)c2ccc3cc4c(cc3c2)oc2cc3cc(N(c5ccccc5)c5ccccc5-c5ccc(C(C)(C)C)cc5)ccc3cc24)cc1. The summed E-state index contributed by atoms with van der Waals surface area (Å²) < 4.78 is 6.79. The minimum atomic E-state index is 0.0840. The van der Waals surface area contributed by atoms with Crippen LogP contribution in [-0.2, 0) is 5.41 Å². The molecule has 11 aromatic rings. The molecule has 10 aromatic carbocycles. The molecule has 0 saturated carbocycles. The third-order valence-corrected chi connectivity index (χ3v) is 13.1. The predicted molar refractivity (Wildman–Crippen MR) is 282 cm³/mol. The molecular formula is C63H52N2O. The summed E-state index contributed by atoms with van der Waals surface area (Å²) in [5.74, 6) is 0.478. The fourth-order valence-corrected chi connectivity index (χ4v) is 9.55. The average Bonchev–Trinajstić information content (AvgIpc) is 3.69. The lowest BCUT2D eigenvalue weighted by atomic mass is 9.86. The monoisotopic (exact) mass is 852 g/mol. The summed E-state index contributed by atoms with van der Waals surface area (Å²) >= 11 is 0. The lowest BCUT2D eigenvalue weighted by Crippen LogP contribution is -2.12. The summed E-state index contributed by atoms with van der Waals surface area (Å²) in [6.07, 6.45) is 0. The number of para-hydroxylation sites is 4. The van der Waals surface area contributed by atoms with Crippen molar-refractivity contribution in [3.05, 3.63) is 230 Å². The molecule has 0 spiro atoms. The molecule has 0 saturated heterocycles. The first-order chi connectivity index (χ1) is 32.2. The second-order valence-electron chi connectivity index (χ2n) is 18.8. The van der Waals surface area contributed by atoms with Crippen LogP contribution in [0.4, 0.5) is 34.1 Å². The zero-order valence-electron chi connectivity index (χ0n) is 38.2. The van der Waals surface area contributed by atoms with Gasteiger partial charge in [0.05, 0.1) is 11.4 Å². The summed E-state index contributed by atoms with van der Waals surface area (Å²) in [7, 11) is 0. The Labute approximate surface area is 387 Å². The highest BCUT2D eigenvalue weighted by Crippen LogP contribution is 2.45. The third kappa shape index (κ3) is 7.57. The molecule has 0 N–H and O–H groups in total. The summed E-state index contributed by atoms with van der Waals surface area (Å²) in [5, 5.41) is 6.80. The lowest BCUT2D eigenvalue weighted by Gasteiger charge is -2.28. The highest BCUT2D eigenvalue weighted by atomic mass is 16.3. The van der Waals surface area contributed by atoms with Crippen LogP contribution in [0.2, 0.25) is 0 Å². The van der Waals surface area contributed by atoms with Gasteiger partial charge in [0.15, 0.2) is 0 Å². The molecule has 0 aliphatic heterocycles.